The summed E-state index contributed by atoms with van der Waals surface area (Å²) in [5, 5.41) is 3.05. The molecule has 0 radical (unpaired) electrons. The topological polar surface area (TPSA) is 35.6 Å². The lowest BCUT2D eigenvalue weighted by Crippen LogP contribution is -2.61. The van der Waals surface area contributed by atoms with E-state index in [9.17, 15) is 13.6 Å². The Morgan fingerprint density at radius 1 is 1.17 bits per heavy atom. The first-order valence-electron chi connectivity index (χ1n) is 8.14. The lowest BCUT2D eigenvalue weighted by atomic mass is 10.00. The molecule has 1 aromatic rings. The van der Waals surface area contributed by atoms with Crippen molar-refractivity contribution in [1.29, 1.82) is 0 Å². The number of halogens is 2. The summed E-state index contributed by atoms with van der Waals surface area (Å²) >= 11 is 0. The van der Waals surface area contributed by atoms with Crippen molar-refractivity contribution in [2.45, 2.75) is 38.3 Å². The Balaban J connectivity index is 1.63. The van der Waals surface area contributed by atoms with Crippen molar-refractivity contribution in [1.82, 2.24) is 10.2 Å². The van der Waals surface area contributed by atoms with Gasteiger partial charge in [0.05, 0.1) is 11.2 Å². The molecule has 23 heavy (non-hydrogen) atoms. The molecule has 1 heterocycles. The number of carbonyl (C=O) groups excluding carboxylic acids is 1. The highest BCUT2D eigenvalue weighted by molar-refractivity contribution is 5.86. The second-order valence-electron chi connectivity index (χ2n) is 6.85. The van der Waals surface area contributed by atoms with E-state index in [1.165, 1.54) is 6.07 Å². The molecule has 1 amide bonds. The first kappa shape index (κ1) is 16.2. The van der Waals surface area contributed by atoms with E-state index in [1.807, 2.05) is 18.7 Å². The number of hydrogen-bond acceptors (Lipinski definition) is 3. The van der Waals surface area contributed by atoms with E-state index < -0.39 is 17.2 Å². The van der Waals surface area contributed by atoms with E-state index >= 15 is 0 Å². The molecule has 1 saturated heterocycles. The highest BCUT2D eigenvalue weighted by Crippen LogP contribution is 2.26. The first-order chi connectivity index (χ1) is 10.9. The molecule has 0 atom stereocenters. The van der Waals surface area contributed by atoms with Crippen LogP contribution in [0.1, 0.15) is 26.7 Å². The van der Waals surface area contributed by atoms with Gasteiger partial charge in [0.2, 0.25) is 5.91 Å². The average molecular weight is 323 g/mol. The molecule has 1 aliphatic carbocycles. The van der Waals surface area contributed by atoms with Gasteiger partial charge in [-0.3, -0.25) is 9.69 Å². The third-order valence-electron chi connectivity index (χ3n) is 4.81. The fourth-order valence-electron chi connectivity index (χ4n) is 2.98. The van der Waals surface area contributed by atoms with Crippen LogP contribution in [-0.2, 0) is 4.79 Å². The smallest absolute Gasteiger partial charge is 0.240 e. The maximum absolute atomic E-state index is 13.9. The van der Waals surface area contributed by atoms with Gasteiger partial charge in [-0.15, -0.1) is 0 Å². The lowest BCUT2D eigenvalue weighted by molar-refractivity contribution is -0.132. The van der Waals surface area contributed by atoms with E-state index in [1.54, 1.807) is 6.07 Å². The monoisotopic (exact) mass is 323 g/mol. The predicted molar refractivity (Wildman–Crippen MR) is 85.4 cm³/mol. The fraction of sp³-hybridized carbons (Fsp3) is 0.588. The van der Waals surface area contributed by atoms with Crippen LogP contribution in [0.4, 0.5) is 14.5 Å². The number of nitrogens with one attached hydrogen (secondary N) is 1. The van der Waals surface area contributed by atoms with Crippen LogP contribution in [0.5, 0.6) is 0 Å². The van der Waals surface area contributed by atoms with Crippen molar-refractivity contribution in [3.8, 4) is 0 Å². The summed E-state index contributed by atoms with van der Waals surface area (Å²) in [4.78, 5) is 16.3. The van der Waals surface area contributed by atoms with Gasteiger partial charge in [-0.2, -0.15) is 0 Å². The zero-order chi connectivity index (χ0) is 16.6. The summed E-state index contributed by atoms with van der Waals surface area (Å²) in [6.07, 6.45) is 2.13. The highest BCUT2D eigenvalue weighted by atomic mass is 19.2. The van der Waals surface area contributed by atoms with Crippen molar-refractivity contribution in [2.75, 3.05) is 31.1 Å². The summed E-state index contributed by atoms with van der Waals surface area (Å²) in [5.74, 6) is -1.58. The predicted octanol–water partition coefficient (Wildman–Crippen LogP) is 2.14. The van der Waals surface area contributed by atoms with E-state index in [0.29, 0.717) is 37.9 Å². The largest absolute Gasteiger partial charge is 0.367 e. The quantitative estimate of drug-likeness (QED) is 0.922. The van der Waals surface area contributed by atoms with Gasteiger partial charge >= 0.3 is 0 Å². The number of rotatable bonds is 4. The van der Waals surface area contributed by atoms with Crippen molar-refractivity contribution in [3.05, 3.63) is 29.8 Å². The van der Waals surface area contributed by atoms with E-state index in [2.05, 4.69) is 10.2 Å². The van der Waals surface area contributed by atoms with Gasteiger partial charge in [0.1, 0.15) is 0 Å². The number of anilines is 1. The summed E-state index contributed by atoms with van der Waals surface area (Å²) in [6, 6.07) is 4.58. The number of piperazine rings is 1. The minimum absolute atomic E-state index is 0.0467. The van der Waals surface area contributed by atoms with Crippen molar-refractivity contribution < 1.29 is 13.6 Å². The molecule has 4 nitrogen and oxygen atoms in total. The molecular formula is C17H23F2N3O. The Hall–Kier alpha value is -1.69. The Labute approximate surface area is 135 Å². The fourth-order valence-corrected chi connectivity index (χ4v) is 2.98. The van der Waals surface area contributed by atoms with Gasteiger partial charge in [0.15, 0.2) is 11.6 Å². The Bertz CT molecular complexity index is 594. The van der Waals surface area contributed by atoms with Gasteiger partial charge in [-0.25, -0.2) is 8.78 Å². The molecule has 0 aromatic heterocycles. The van der Waals surface area contributed by atoms with Gasteiger partial charge in [0, 0.05) is 32.2 Å². The molecule has 0 bridgehead atoms. The minimum atomic E-state index is -0.825. The molecule has 1 aromatic carbocycles. The maximum atomic E-state index is 13.9. The van der Waals surface area contributed by atoms with E-state index in [0.717, 1.165) is 18.9 Å². The molecule has 126 valence electrons. The van der Waals surface area contributed by atoms with Crippen molar-refractivity contribution in [3.63, 3.8) is 0 Å². The SMILES string of the molecule is CC(C)(C(=O)NC1CC1)N1CCN(c2cccc(F)c2F)CC1. The molecule has 0 spiro atoms. The molecule has 1 saturated carbocycles. The molecule has 2 aliphatic rings. The number of hydrogen-bond donors (Lipinski definition) is 1. The normalized spacial score (nSPS) is 19.7. The van der Waals surface area contributed by atoms with Crippen LogP contribution < -0.4 is 10.2 Å². The third kappa shape index (κ3) is 3.32. The number of nitrogens with zero attached hydrogens (tertiary/aromatic N) is 2. The molecular weight excluding hydrogens is 300 g/mol. The second-order valence-corrected chi connectivity index (χ2v) is 6.85. The summed E-state index contributed by atoms with van der Waals surface area (Å²) in [5.41, 5.74) is -0.292. The van der Waals surface area contributed by atoms with Crippen LogP contribution >= 0.6 is 0 Å². The maximum Gasteiger partial charge on any atom is 0.240 e. The molecule has 0 unspecified atom stereocenters. The number of amides is 1. The summed E-state index contributed by atoms with van der Waals surface area (Å²) < 4.78 is 27.3. The van der Waals surface area contributed by atoms with Crippen LogP contribution in [-0.4, -0.2) is 48.6 Å². The van der Waals surface area contributed by atoms with Crippen LogP contribution in [0.15, 0.2) is 18.2 Å². The molecule has 1 aliphatic heterocycles. The van der Waals surface area contributed by atoms with Crippen molar-refractivity contribution >= 4 is 11.6 Å². The number of benzene rings is 1. The van der Waals surface area contributed by atoms with Gasteiger partial charge in [-0.1, -0.05) is 6.07 Å². The van der Waals surface area contributed by atoms with E-state index in [4.69, 9.17) is 0 Å². The second kappa shape index (κ2) is 6.07. The van der Waals surface area contributed by atoms with Crippen LogP contribution in [0, 0.1) is 11.6 Å². The molecule has 6 heteroatoms. The number of carbonyl (C=O) groups is 1. The first-order valence-corrected chi connectivity index (χ1v) is 8.14. The Morgan fingerprint density at radius 2 is 1.83 bits per heavy atom. The minimum Gasteiger partial charge on any atom is -0.367 e. The van der Waals surface area contributed by atoms with Gasteiger partial charge in [0.25, 0.3) is 0 Å². The zero-order valence-corrected chi connectivity index (χ0v) is 13.6. The summed E-state index contributed by atoms with van der Waals surface area (Å²) in [7, 11) is 0. The molecule has 1 N–H and O–H groups in total. The van der Waals surface area contributed by atoms with Crippen LogP contribution in [0.2, 0.25) is 0 Å². The van der Waals surface area contributed by atoms with Gasteiger partial charge < -0.3 is 10.2 Å². The van der Waals surface area contributed by atoms with Crippen LogP contribution in [0.3, 0.4) is 0 Å². The highest BCUT2D eigenvalue weighted by Gasteiger charge is 2.38. The molecule has 3 rings (SSSR count). The Kier molecular flexibility index (Phi) is 4.27. The zero-order valence-electron chi connectivity index (χ0n) is 13.6. The third-order valence-corrected chi connectivity index (χ3v) is 4.81. The standard InChI is InChI=1S/C17H23F2N3O/c1-17(2,16(23)20-12-6-7-12)22-10-8-21(9-11-22)14-5-3-4-13(18)15(14)19/h3-5,12H,6-11H2,1-2H3,(H,20,23). The van der Waals surface area contributed by atoms with Crippen molar-refractivity contribution in [2.24, 2.45) is 0 Å². The average Bonchev–Trinajstić information content (AvgIpc) is 3.34. The van der Waals surface area contributed by atoms with E-state index in [-0.39, 0.29) is 5.91 Å². The lowest BCUT2D eigenvalue weighted by Gasteiger charge is -2.43. The van der Waals surface area contributed by atoms with Crippen LogP contribution in [0.25, 0.3) is 0 Å². The Morgan fingerprint density at radius 3 is 2.43 bits per heavy atom. The molecule has 2 fully saturated rings. The van der Waals surface area contributed by atoms with Gasteiger partial charge in [-0.05, 0) is 38.8 Å². The summed E-state index contributed by atoms with van der Waals surface area (Å²) in [6.45, 7) is 6.26.